The fraction of sp³-hybridized carbons (Fsp3) is 0.176. The van der Waals surface area contributed by atoms with Gasteiger partial charge in [-0.25, -0.2) is 9.82 Å². The molecule has 3 nitrogen and oxygen atoms in total. The molecular formula is C17H17FN2OS. The molecule has 0 saturated carbocycles. The van der Waals surface area contributed by atoms with Gasteiger partial charge in [0.15, 0.2) is 0 Å². The predicted octanol–water partition coefficient (Wildman–Crippen LogP) is 3.85. The van der Waals surface area contributed by atoms with Gasteiger partial charge in [-0.1, -0.05) is 30.3 Å². The summed E-state index contributed by atoms with van der Waals surface area (Å²) in [7, 11) is 0. The molecule has 0 spiro atoms. The Morgan fingerprint density at radius 2 is 1.82 bits per heavy atom. The number of thioether (sulfide) groups is 1. The van der Waals surface area contributed by atoms with E-state index in [1.54, 1.807) is 30.8 Å². The van der Waals surface area contributed by atoms with Gasteiger partial charge in [0.05, 0.1) is 5.71 Å². The molecule has 0 aliphatic carbocycles. The Labute approximate surface area is 133 Å². The van der Waals surface area contributed by atoms with E-state index in [0.717, 1.165) is 10.5 Å². The summed E-state index contributed by atoms with van der Waals surface area (Å²) in [6, 6.07) is 15.9. The van der Waals surface area contributed by atoms with E-state index in [1.165, 1.54) is 12.1 Å². The van der Waals surface area contributed by atoms with Crippen molar-refractivity contribution in [1.29, 1.82) is 0 Å². The maximum atomic E-state index is 12.8. The molecule has 0 aliphatic heterocycles. The van der Waals surface area contributed by atoms with E-state index in [2.05, 4.69) is 10.5 Å². The van der Waals surface area contributed by atoms with Crippen molar-refractivity contribution in [3.8, 4) is 0 Å². The van der Waals surface area contributed by atoms with Crippen molar-refractivity contribution >= 4 is 23.4 Å². The Morgan fingerprint density at radius 1 is 1.14 bits per heavy atom. The quantitative estimate of drug-likeness (QED) is 0.500. The number of halogens is 1. The van der Waals surface area contributed by atoms with Crippen LogP contribution in [0, 0.1) is 5.82 Å². The predicted molar refractivity (Wildman–Crippen MR) is 88.5 cm³/mol. The molecule has 0 heterocycles. The van der Waals surface area contributed by atoms with Crippen molar-refractivity contribution in [2.24, 2.45) is 5.10 Å². The van der Waals surface area contributed by atoms with Crippen LogP contribution in [0.3, 0.4) is 0 Å². The van der Waals surface area contributed by atoms with Crippen molar-refractivity contribution < 1.29 is 9.18 Å². The van der Waals surface area contributed by atoms with Gasteiger partial charge < -0.3 is 0 Å². The lowest BCUT2D eigenvalue weighted by Crippen LogP contribution is -2.19. The van der Waals surface area contributed by atoms with Gasteiger partial charge in [-0.05, 0) is 36.8 Å². The second-order valence-electron chi connectivity index (χ2n) is 4.65. The summed E-state index contributed by atoms with van der Waals surface area (Å²) in [5.41, 5.74) is 3.94. The third kappa shape index (κ3) is 5.33. The first-order valence-electron chi connectivity index (χ1n) is 6.92. The van der Waals surface area contributed by atoms with Gasteiger partial charge >= 0.3 is 0 Å². The Bertz CT molecular complexity index is 641. The molecule has 0 unspecified atom stereocenters. The highest BCUT2D eigenvalue weighted by Crippen LogP contribution is 2.17. The van der Waals surface area contributed by atoms with E-state index >= 15 is 0 Å². The summed E-state index contributed by atoms with van der Waals surface area (Å²) in [5, 5.41) is 4.04. The lowest BCUT2D eigenvalue weighted by molar-refractivity contribution is -0.120. The van der Waals surface area contributed by atoms with Crippen molar-refractivity contribution in [3.63, 3.8) is 0 Å². The van der Waals surface area contributed by atoms with Crippen molar-refractivity contribution in [2.45, 2.75) is 18.2 Å². The maximum absolute atomic E-state index is 12.8. The minimum atomic E-state index is -0.293. The molecular weight excluding hydrogens is 299 g/mol. The van der Waals surface area contributed by atoms with Crippen LogP contribution in [0.15, 0.2) is 64.6 Å². The van der Waals surface area contributed by atoms with Crippen LogP contribution in [0.25, 0.3) is 0 Å². The standard InChI is InChI=1S/C17H17FN2OS/c1-13(14-7-9-15(18)10-8-14)19-20-17(21)11-12-22-16-5-3-2-4-6-16/h2-10H,11-12H2,1H3,(H,20,21)/b19-13+. The molecule has 0 bridgehead atoms. The normalized spacial score (nSPS) is 11.3. The highest BCUT2D eigenvalue weighted by Gasteiger charge is 2.02. The number of carbonyl (C=O) groups is 1. The average Bonchev–Trinajstić information content (AvgIpc) is 2.54. The van der Waals surface area contributed by atoms with Crippen LogP contribution in [-0.2, 0) is 4.79 Å². The summed E-state index contributed by atoms with van der Waals surface area (Å²) >= 11 is 1.63. The molecule has 2 aromatic rings. The van der Waals surface area contributed by atoms with E-state index in [-0.39, 0.29) is 11.7 Å². The van der Waals surface area contributed by atoms with E-state index in [4.69, 9.17) is 0 Å². The largest absolute Gasteiger partial charge is 0.273 e. The van der Waals surface area contributed by atoms with Crippen LogP contribution in [-0.4, -0.2) is 17.4 Å². The van der Waals surface area contributed by atoms with E-state index in [1.807, 2.05) is 30.3 Å². The van der Waals surface area contributed by atoms with Gasteiger partial charge in [0.1, 0.15) is 5.82 Å². The smallest absolute Gasteiger partial charge is 0.240 e. The molecule has 2 aromatic carbocycles. The van der Waals surface area contributed by atoms with E-state index in [0.29, 0.717) is 17.9 Å². The first kappa shape index (κ1) is 16.2. The second-order valence-corrected chi connectivity index (χ2v) is 5.82. The van der Waals surface area contributed by atoms with Crippen molar-refractivity contribution in [3.05, 3.63) is 66.0 Å². The van der Waals surface area contributed by atoms with E-state index < -0.39 is 0 Å². The van der Waals surface area contributed by atoms with Gasteiger partial charge in [0, 0.05) is 17.1 Å². The number of hydrogen-bond acceptors (Lipinski definition) is 3. The molecule has 2 rings (SSSR count). The van der Waals surface area contributed by atoms with Gasteiger partial charge in [-0.3, -0.25) is 4.79 Å². The molecule has 1 N–H and O–H groups in total. The molecule has 1 amide bonds. The first-order chi connectivity index (χ1) is 10.6. The second kappa shape index (κ2) is 8.34. The molecule has 0 atom stereocenters. The van der Waals surface area contributed by atoms with Crippen molar-refractivity contribution in [2.75, 3.05) is 5.75 Å². The summed E-state index contributed by atoms with van der Waals surface area (Å²) in [4.78, 5) is 12.9. The molecule has 0 aromatic heterocycles. The topological polar surface area (TPSA) is 41.5 Å². The highest BCUT2D eigenvalue weighted by molar-refractivity contribution is 7.99. The highest BCUT2D eigenvalue weighted by atomic mass is 32.2. The van der Waals surface area contributed by atoms with Crippen LogP contribution < -0.4 is 5.43 Å². The van der Waals surface area contributed by atoms with Gasteiger partial charge in [-0.2, -0.15) is 5.10 Å². The number of hydrogen-bond donors (Lipinski definition) is 1. The molecule has 0 radical (unpaired) electrons. The monoisotopic (exact) mass is 316 g/mol. The minimum Gasteiger partial charge on any atom is -0.273 e. The number of amides is 1. The molecule has 22 heavy (non-hydrogen) atoms. The fourth-order valence-electron chi connectivity index (χ4n) is 1.74. The van der Waals surface area contributed by atoms with Gasteiger partial charge in [0.25, 0.3) is 0 Å². The maximum Gasteiger partial charge on any atom is 0.240 e. The van der Waals surface area contributed by atoms with Gasteiger partial charge in [0.2, 0.25) is 5.91 Å². The number of benzene rings is 2. The zero-order valence-electron chi connectivity index (χ0n) is 12.3. The third-order valence-electron chi connectivity index (χ3n) is 2.95. The number of hydrazone groups is 1. The van der Waals surface area contributed by atoms with E-state index in [9.17, 15) is 9.18 Å². The SMILES string of the molecule is C/C(=N\NC(=O)CCSc1ccccc1)c1ccc(F)cc1. The molecule has 0 aliphatic rings. The number of rotatable bonds is 6. The fourth-order valence-corrected chi connectivity index (χ4v) is 2.61. The van der Waals surface area contributed by atoms with Crippen LogP contribution in [0.4, 0.5) is 4.39 Å². The molecule has 114 valence electrons. The Morgan fingerprint density at radius 3 is 2.50 bits per heavy atom. The average molecular weight is 316 g/mol. The number of carbonyl (C=O) groups excluding carboxylic acids is 1. The lowest BCUT2D eigenvalue weighted by Gasteiger charge is -2.03. The van der Waals surface area contributed by atoms with Crippen molar-refractivity contribution in [1.82, 2.24) is 5.43 Å². The molecule has 0 saturated heterocycles. The zero-order valence-corrected chi connectivity index (χ0v) is 13.1. The summed E-state index contributed by atoms with van der Waals surface area (Å²) < 4.78 is 12.8. The number of nitrogens with zero attached hydrogens (tertiary/aromatic N) is 1. The Balaban J connectivity index is 1.77. The lowest BCUT2D eigenvalue weighted by atomic mass is 10.1. The Hall–Kier alpha value is -2.14. The summed E-state index contributed by atoms with van der Waals surface area (Å²) in [5.74, 6) is 0.268. The zero-order chi connectivity index (χ0) is 15.8. The van der Waals surface area contributed by atoms with Crippen LogP contribution in [0.5, 0.6) is 0 Å². The molecule has 0 fully saturated rings. The first-order valence-corrected chi connectivity index (χ1v) is 7.90. The third-order valence-corrected chi connectivity index (χ3v) is 3.97. The summed E-state index contributed by atoms with van der Waals surface area (Å²) in [6.07, 6.45) is 0.389. The van der Waals surface area contributed by atoms with Crippen LogP contribution in [0.2, 0.25) is 0 Å². The Kier molecular flexibility index (Phi) is 6.15. The minimum absolute atomic E-state index is 0.134. The van der Waals surface area contributed by atoms with Gasteiger partial charge in [-0.15, -0.1) is 11.8 Å². The molecule has 5 heteroatoms. The summed E-state index contributed by atoms with van der Waals surface area (Å²) in [6.45, 7) is 1.77. The number of nitrogens with one attached hydrogen (secondary N) is 1. The van der Waals surface area contributed by atoms with Crippen LogP contribution >= 0.6 is 11.8 Å². The van der Waals surface area contributed by atoms with Crippen LogP contribution in [0.1, 0.15) is 18.9 Å².